The Morgan fingerprint density at radius 2 is 2.24 bits per heavy atom. The van der Waals surface area contributed by atoms with Gasteiger partial charge in [-0.15, -0.1) is 0 Å². The van der Waals surface area contributed by atoms with Crippen LogP contribution in [0.4, 0.5) is 5.69 Å². The number of imidazole rings is 1. The fourth-order valence-electron chi connectivity index (χ4n) is 1.81. The van der Waals surface area contributed by atoms with E-state index in [0.29, 0.717) is 17.3 Å². The van der Waals surface area contributed by atoms with E-state index in [1.807, 2.05) is 0 Å². The summed E-state index contributed by atoms with van der Waals surface area (Å²) in [6, 6.07) is 6.80. The van der Waals surface area contributed by atoms with E-state index in [1.54, 1.807) is 53.8 Å². The summed E-state index contributed by atoms with van der Waals surface area (Å²) in [6.45, 7) is 0.258. The number of hydrogen-bond acceptors (Lipinski definition) is 5. The lowest BCUT2D eigenvalue weighted by atomic mass is 10.3. The van der Waals surface area contributed by atoms with Crippen molar-refractivity contribution in [3.05, 3.63) is 60.7 Å². The van der Waals surface area contributed by atoms with Crippen molar-refractivity contribution in [1.29, 1.82) is 0 Å². The lowest BCUT2D eigenvalue weighted by Crippen LogP contribution is -2.11. The Labute approximate surface area is 120 Å². The van der Waals surface area contributed by atoms with Crippen molar-refractivity contribution in [2.45, 2.75) is 6.54 Å². The second-order valence-corrected chi connectivity index (χ2v) is 4.30. The molecule has 0 aliphatic carbocycles. The number of hydrogen-bond donors (Lipinski definition) is 2. The molecule has 7 heteroatoms. The van der Waals surface area contributed by atoms with E-state index < -0.39 is 0 Å². The Morgan fingerprint density at radius 3 is 2.86 bits per heavy atom. The molecule has 3 N–H and O–H groups in total. The molecule has 0 saturated carbocycles. The van der Waals surface area contributed by atoms with E-state index in [1.165, 1.54) is 0 Å². The molecule has 0 saturated heterocycles. The highest BCUT2D eigenvalue weighted by molar-refractivity contribution is 6.02. The molecule has 3 aromatic heterocycles. The lowest BCUT2D eigenvalue weighted by molar-refractivity contribution is 0.0995. The Bertz CT molecular complexity index is 731. The van der Waals surface area contributed by atoms with Gasteiger partial charge in [0.15, 0.2) is 5.76 Å². The van der Waals surface area contributed by atoms with E-state index in [2.05, 4.69) is 15.3 Å². The maximum absolute atomic E-state index is 12.0. The highest BCUT2D eigenvalue weighted by Crippen LogP contribution is 2.13. The minimum atomic E-state index is -0.341. The molecule has 1 amide bonds. The summed E-state index contributed by atoms with van der Waals surface area (Å²) in [7, 11) is 0. The molecule has 0 fully saturated rings. The van der Waals surface area contributed by atoms with Gasteiger partial charge in [-0.3, -0.25) is 9.36 Å². The number of pyridine rings is 1. The van der Waals surface area contributed by atoms with Crippen LogP contribution in [-0.2, 0) is 6.54 Å². The standard InChI is InChI=1S/C14H13N5O2/c15-7-11-2-3-12(21-11)14(20)18-10-1-4-13(17-8-10)19-6-5-16-9-19/h1-6,8-9H,7,15H2,(H,18,20). The molecule has 0 aliphatic rings. The molecule has 0 spiro atoms. The maximum Gasteiger partial charge on any atom is 0.291 e. The summed E-state index contributed by atoms with van der Waals surface area (Å²) >= 11 is 0. The summed E-state index contributed by atoms with van der Waals surface area (Å²) in [5.74, 6) is 1.16. The third-order valence-corrected chi connectivity index (χ3v) is 2.86. The molecule has 0 bridgehead atoms. The maximum atomic E-state index is 12.0. The summed E-state index contributed by atoms with van der Waals surface area (Å²) in [5, 5.41) is 2.71. The van der Waals surface area contributed by atoms with Gasteiger partial charge in [-0.2, -0.15) is 0 Å². The fourth-order valence-corrected chi connectivity index (χ4v) is 1.81. The minimum absolute atomic E-state index is 0.217. The quantitative estimate of drug-likeness (QED) is 0.757. The number of nitrogens with one attached hydrogen (secondary N) is 1. The van der Waals surface area contributed by atoms with Gasteiger partial charge in [-0.1, -0.05) is 0 Å². The molecule has 7 nitrogen and oxygen atoms in total. The third-order valence-electron chi connectivity index (χ3n) is 2.86. The normalized spacial score (nSPS) is 10.5. The van der Waals surface area contributed by atoms with Gasteiger partial charge in [0.2, 0.25) is 0 Å². The molecular weight excluding hydrogens is 270 g/mol. The second kappa shape index (κ2) is 5.59. The number of nitrogens with two attached hydrogens (primary N) is 1. The van der Waals surface area contributed by atoms with E-state index in [9.17, 15) is 4.79 Å². The first-order chi connectivity index (χ1) is 10.3. The smallest absolute Gasteiger partial charge is 0.291 e. The number of furan rings is 1. The molecule has 3 aromatic rings. The molecule has 0 aliphatic heterocycles. The number of nitrogens with zero attached hydrogens (tertiary/aromatic N) is 3. The average molecular weight is 283 g/mol. The molecular formula is C14H13N5O2. The van der Waals surface area contributed by atoms with Crippen LogP contribution >= 0.6 is 0 Å². The first-order valence-corrected chi connectivity index (χ1v) is 6.31. The lowest BCUT2D eigenvalue weighted by Gasteiger charge is -2.05. The molecule has 3 heterocycles. The zero-order chi connectivity index (χ0) is 14.7. The number of aromatic nitrogens is 3. The predicted octanol–water partition coefficient (Wildman–Crippen LogP) is 1.57. The van der Waals surface area contributed by atoms with Crippen molar-refractivity contribution < 1.29 is 9.21 Å². The van der Waals surface area contributed by atoms with Crippen LogP contribution in [0, 0.1) is 0 Å². The van der Waals surface area contributed by atoms with Gasteiger partial charge in [-0.05, 0) is 24.3 Å². The van der Waals surface area contributed by atoms with Crippen molar-refractivity contribution in [2.24, 2.45) is 5.73 Å². The van der Waals surface area contributed by atoms with E-state index in [-0.39, 0.29) is 18.2 Å². The Hall–Kier alpha value is -2.93. The second-order valence-electron chi connectivity index (χ2n) is 4.30. The van der Waals surface area contributed by atoms with Crippen LogP contribution < -0.4 is 11.1 Å². The number of rotatable bonds is 4. The molecule has 3 rings (SSSR count). The van der Waals surface area contributed by atoms with Crippen molar-refractivity contribution in [3.8, 4) is 5.82 Å². The van der Waals surface area contributed by atoms with Gasteiger partial charge in [0.25, 0.3) is 5.91 Å². The van der Waals surface area contributed by atoms with Crippen LogP contribution in [0.25, 0.3) is 5.82 Å². The molecule has 106 valence electrons. The first-order valence-electron chi connectivity index (χ1n) is 6.31. The van der Waals surface area contributed by atoms with Crippen LogP contribution in [0.2, 0.25) is 0 Å². The van der Waals surface area contributed by atoms with Gasteiger partial charge in [0, 0.05) is 12.4 Å². The Morgan fingerprint density at radius 1 is 1.33 bits per heavy atom. The number of carbonyl (C=O) groups is 1. The Balaban J connectivity index is 1.71. The molecule has 0 unspecified atom stereocenters. The molecule has 0 radical (unpaired) electrons. The topological polar surface area (TPSA) is 99.0 Å². The number of carbonyl (C=O) groups excluding carboxylic acids is 1. The minimum Gasteiger partial charge on any atom is -0.455 e. The van der Waals surface area contributed by atoms with Crippen molar-refractivity contribution >= 4 is 11.6 Å². The van der Waals surface area contributed by atoms with E-state index in [0.717, 1.165) is 0 Å². The van der Waals surface area contributed by atoms with Crippen LogP contribution in [0.3, 0.4) is 0 Å². The summed E-state index contributed by atoms with van der Waals surface area (Å²) in [5.41, 5.74) is 6.01. The fraction of sp³-hybridized carbons (Fsp3) is 0.0714. The van der Waals surface area contributed by atoms with Gasteiger partial charge in [-0.25, -0.2) is 9.97 Å². The first kappa shape index (κ1) is 13.1. The SMILES string of the molecule is NCc1ccc(C(=O)Nc2ccc(-n3ccnc3)nc2)o1. The van der Waals surface area contributed by atoms with Crippen molar-refractivity contribution in [2.75, 3.05) is 5.32 Å². The average Bonchev–Trinajstić information content (AvgIpc) is 3.19. The number of anilines is 1. The molecule has 21 heavy (non-hydrogen) atoms. The molecule has 0 aromatic carbocycles. The highest BCUT2D eigenvalue weighted by Gasteiger charge is 2.11. The molecule has 0 atom stereocenters. The number of amides is 1. The van der Waals surface area contributed by atoms with Crippen LogP contribution in [0.5, 0.6) is 0 Å². The van der Waals surface area contributed by atoms with Crippen molar-refractivity contribution in [3.63, 3.8) is 0 Å². The largest absolute Gasteiger partial charge is 0.455 e. The van der Waals surface area contributed by atoms with Crippen LogP contribution in [0.15, 0.2) is 53.6 Å². The summed E-state index contributed by atoms with van der Waals surface area (Å²) < 4.78 is 7.05. The summed E-state index contributed by atoms with van der Waals surface area (Å²) in [6.07, 6.45) is 6.68. The highest BCUT2D eigenvalue weighted by atomic mass is 16.4. The van der Waals surface area contributed by atoms with Gasteiger partial charge in [0.05, 0.1) is 18.4 Å². The Kier molecular flexibility index (Phi) is 3.48. The zero-order valence-corrected chi connectivity index (χ0v) is 11.1. The van der Waals surface area contributed by atoms with Gasteiger partial charge < -0.3 is 15.5 Å². The van der Waals surface area contributed by atoms with Crippen LogP contribution in [0.1, 0.15) is 16.3 Å². The van der Waals surface area contributed by atoms with E-state index >= 15 is 0 Å². The predicted molar refractivity (Wildman–Crippen MR) is 75.9 cm³/mol. The van der Waals surface area contributed by atoms with Gasteiger partial charge >= 0.3 is 0 Å². The van der Waals surface area contributed by atoms with Crippen LogP contribution in [-0.4, -0.2) is 20.4 Å². The summed E-state index contributed by atoms with van der Waals surface area (Å²) in [4.78, 5) is 20.2. The van der Waals surface area contributed by atoms with Gasteiger partial charge in [0.1, 0.15) is 17.9 Å². The van der Waals surface area contributed by atoms with E-state index in [4.69, 9.17) is 10.2 Å². The zero-order valence-electron chi connectivity index (χ0n) is 11.1. The third kappa shape index (κ3) is 2.82. The monoisotopic (exact) mass is 283 g/mol. The van der Waals surface area contributed by atoms with Crippen molar-refractivity contribution in [1.82, 2.24) is 14.5 Å².